The topological polar surface area (TPSA) is 332 Å². The number of carbonyl (C=O) groups is 3. The van der Waals surface area contributed by atoms with Crippen molar-refractivity contribution in [2.45, 2.75) is 14.9 Å². The number of sulfone groups is 3. The molecule has 0 aliphatic carbocycles. The van der Waals surface area contributed by atoms with Crippen LogP contribution in [0.4, 0.5) is 4.79 Å². The molecule has 0 rings (SSSR count). The van der Waals surface area contributed by atoms with Gasteiger partial charge in [0.15, 0.2) is 39.9 Å². The molecule has 0 aromatic carbocycles. The summed E-state index contributed by atoms with van der Waals surface area (Å²) < 4.78 is 96.5. The van der Waals surface area contributed by atoms with Crippen LogP contribution in [0, 0.1) is 0 Å². The minimum absolute atomic E-state index is 0. The minimum Gasteiger partial charge on any atom is -0.467 e. The first-order chi connectivity index (χ1) is 23.7. The predicted molar refractivity (Wildman–Crippen MR) is 200 cm³/mol. The first-order valence-electron chi connectivity index (χ1n) is 12.9. The van der Waals surface area contributed by atoms with Crippen molar-refractivity contribution in [3.63, 3.8) is 0 Å². The third kappa shape index (κ3) is 106. The Bertz CT molecular complexity index is 1070. The summed E-state index contributed by atoms with van der Waals surface area (Å²) in [5, 5.41) is 28.5. The Hall–Kier alpha value is -1.77. The Morgan fingerprint density at radius 2 is 1.08 bits per heavy atom. The molecule has 328 valence electrons. The van der Waals surface area contributed by atoms with Crippen LogP contribution in [0.25, 0.3) is 0 Å². The Balaban J connectivity index is -0.0000000660. The van der Waals surface area contributed by atoms with Gasteiger partial charge < -0.3 is 44.1 Å². The van der Waals surface area contributed by atoms with E-state index in [1.54, 1.807) is 12.5 Å². The van der Waals surface area contributed by atoms with E-state index in [-0.39, 0.29) is 78.7 Å². The molecule has 0 unspecified atom stereocenters. The summed E-state index contributed by atoms with van der Waals surface area (Å²) in [7, 11) is -4.41. The smallest absolute Gasteiger partial charge is 0.467 e. The van der Waals surface area contributed by atoms with E-state index in [1.165, 1.54) is 14.2 Å². The van der Waals surface area contributed by atoms with E-state index >= 15 is 0 Å². The fourth-order valence-electron chi connectivity index (χ4n) is 1.27. The van der Waals surface area contributed by atoms with Crippen LogP contribution < -0.4 is 0 Å². The lowest BCUT2D eigenvalue weighted by molar-refractivity contribution is -0.356. The fourth-order valence-corrected chi connectivity index (χ4v) is 2.63. The summed E-state index contributed by atoms with van der Waals surface area (Å²) >= 11 is 2.04. The molecule has 0 fully saturated rings. The molecule has 0 spiro atoms. The van der Waals surface area contributed by atoms with Crippen LogP contribution in [0.2, 0.25) is 0 Å². The van der Waals surface area contributed by atoms with Gasteiger partial charge in [-0.2, -0.15) is 18.4 Å². The molecule has 53 heavy (non-hydrogen) atoms. The van der Waals surface area contributed by atoms with Crippen molar-refractivity contribution in [2.24, 2.45) is 0 Å². The second-order valence-corrected chi connectivity index (χ2v) is 15.1. The lowest BCUT2D eigenvalue weighted by atomic mass is 10.7. The molecule has 0 amide bonds. The normalized spacial score (nSPS) is 9.53. The van der Waals surface area contributed by atoms with Crippen LogP contribution in [0.3, 0.4) is 0 Å². The Morgan fingerprint density at radius 1 is 0.698 bits per heavy atom. The standard InChI is InChI=1S/C7H14O7S2.C5H10O5S.2C3H8O3S.C3H5O3.2CH4O.2CH4/c1-15-14-13-6-11-5-7(8)12-3-4-16(2,9)10;1-7-5(6)3-8-4-9-10-11-2;2*1-7(5,6)3-2-4;1-5-3(4)6-2;2*1-2;;/h3-6H2,1-2H3;3-4H2,1-2H3;2*4H,2-3H2,1H3;1H2,2H3;2*2H,1H3;2*1H4/q;;;;+1;;;;/p+1. The molecular formula is C25H62O23S5+2. The van der Waals surface area contributed by atoms with Crippen LogP contribution in [0.15, 0.2) is 0 Å². The minimum atomic E-state index is -3.12. The van der Waals surface area contributed by atoms with Crippen LogP contribution in [-0.4, -0.2) is 194 Å². The summed E-state index contributed by atoms with van der Waals surface area (Å²) in [6.07, 6.45) is 5.85. The van der Waals surface area contributed by atoms with Crippen molar-refractivity contribution in [3.05, 3.63) is 0 Å². The molecule has 0 bridgehead atoms. The third-order valence-electron chi connectivity index (χ3n) is 3.10. The van der Waals surface area contributed by atoms with Gasteiger partial charge in [-0.3, -0.25) is 4.42 Å². The quantitative estimate of drug-likeness (QED) is 0.0195. The van der Waals surface area contributed by atoms with E-state index in [4.69, 9.17) is 25.2 Å². The zero-order chi connectivity index (χ0) is 41.8. The van der Waals surface area contributed by atoms with E-state index in [9.17, 15) is 39.6 Å². The maximum atomic E-state index is 10.9. The van der Waals surface area contributed by atoms with Gasteiger partial charge in [0.1, 0.15) is 49.3 Å². The molecule has 28 heteroatoms. The molecule has 23 nitrogen and oxygen atoms in total. The highest BCUT2D eigenvalue weighted by molar-refractivity contribution is 7.94. The van der Waals surface area contributed by atoms with Crippen molar-refractivity contribution in [2.75, 3.05) is 124 Å². The number of rotatable bonds is 19. The van der Waals surface area contributed by atoms with Gasteiger partial charge in [-0.25, -0.2) is 34.8 Å². The molecule has 0 saturated carbocycles. The van der Waals surface area contributed by atoms with Crippen molar-refractivity contribution >= 4 is 78.5 Å². The Kier molecular flexibility index (Phi) is 74.6. The van der Waals surface area contributed by atoms with E-state index in [1.807, 2.05) is 0 Å². The molecule has 0 aliphatic heterocycles. The maximum Gasteiger partial charge on any atom is 0.782 e. The second-order valence-electron chi connectivity index (χ2n) is 7.40. The van der Waals surface area contributed by atoms with Gasteiger partial charge in [-0.05, 0) is 0 Å². The number of carbonyl (C=O) groups excluding carboxylic acids is 4. The van der Waals surface area contributed by atoms with E-state index < -0.39 is 47.6 Å². The summed E-state index contributed by atoms with van der Waals surface area (Å²) in [6, 6.07) is 0. The maximum absolute atomic E-state index is 10.9. The summed E-state index contributed by atoms with van der Waals surface area (Å²) in [5.74, 6) is -1.46. The Morgan fingerprint density at radius 3 is 1.28 bits per heavy atom. The average Bonchev–Trinajstić information content (AvgIpc) is 3.05. The van der Waals surface area contributed by atoms with E-state index in [0.717, 1.165) is 57.1 Å². The lowest BCUT2D eigenvalue weighted by Crippen LogP contribution is -2.18. The third-order valence-corrected chi connectivity index (χ3v) is 6.34. The summed E-state index contributed by atoms with van der Waals surface area (Å²) in [6.45, 7) is 1.55. The zero-order valence-corrected chi connectivity index (χ0v) is 34.0. The first kappa shape index (κ1) is 72.5. The van der Waals surface area contributed by atoms with Gasteiger partial charge in [-0.1, -0.05) is 14.9 Å². The van der Waals surface area contributed by atoms with Crippen LogP contribution >= 0.6 is 24.1 Å². The van der Waals surface area contributed by atoms with Crippen LogP contribution in [0.5, 0.6) is 0 Å². The molecular weight excluding hydrogens is 829 g/mol. The number of methoxy groups -OCH3 is 2. The monoisotopic (exact) mass is 890 g/mol. The highest BCUT2D eigenvalue weighted by Gasteiger charge is 2.07. The molecule has 0 aromatic heterocycles. The fraction of sp³-hybridized carbons (Fsp3) is 0.840. The Labute approximate surface area is 322 Å². The lowest BCUT2D eigenvalue weighted by Gasteiger charge is -2.04. The van der Waals surface area contributed by atoms with Crippen molar-refractivity contribution in [1.82, 2.24) is 0 Å². The second kappa shape index (κ2) is 54.6. The SMILES string of the molecule is C.C.C=[O+]C(=O)OC.CO.CO.COC(=O)COCOOSC.CS(=O)(=O)CCO.CS(=O)(=O)CC[OH2+].CSOOCOCC(=O)OCCS(C)(=O)=O. The van der Waals surface area contributed by atoms with E-state index in [2.05, 4.69) is 48.6 Å². The molecule has 0 radical (unpaired) electrons. The molecule has 0 aliphatic rings. The summed E-state index contributed by atoms with van der Waals surface area (Å²) in [4.78, 5) is 39.8. The van der Waals surface area contributed by atoms with Gasteiger partial charge in [0.25, 0.3) is 0 Å². The van der Waals surface area contributed by atoms with E-state index in [0.29, 0.717) is 0 Å². The van der Waals surface area contributed by atoms with Gasteiger partial charge in [-0.15, -0.1) is 0 Å². The number of aliphatic hydroxyl groups is 3. The number of esters is 2. The molecule has 0 aromatic rings. The zero-order valence-electron chi connectivity index (χ0n) is 29.9. The first-order valence-corrected chi connectivity index (χ1v) is 21.4. The van der Waals surface area contributed by atoms with Gasteiger partial charge in [0.05, 0.1) is 25.2 Å². The molecule has 0 atom stereocenters. The van der Waals surface area contributed by atoms with Crippen molar-refractivity contribution in [1.29, 1.82) is 0 Å². The highest BCUT2D eigenvalue weighted by atomic mass is 32.2. The van der Waals surface area contributed by atoms with Crippen molar-refractivity contribution in [3.8, 4) is 0 Å². The van der Waals surface area contributed by atoms with Gasteiger partial charge >= 0.3 is 18.1 Å². The number of ether oxygens (including phenoxy) is 5. The molecule has 0 saturated heterocycles. The summed E-state index contributed by atoms with van der Waals surface area (Å²) in [5.41, 5.74) is 0. The predicted octanol–water partition coefficient (Wildman–Crippen LogP) is -1.48. The van der Waals surface area contributed by atoms with Gasteiger partial charge in [0, 0.05) is 74.4 Å². The number of hydrogen-bond donors (Lipinski definition) is 3. The van der Waals surface area contributed by atoms with Crippen LogP contribution in [-0.2, 0) is 85.7 Å². The van der Waals surface area contributed by atoms with Gasteiger partial charge in [0.2, 0.25) is 0 Å². The molecule has 5 N–H and O–H groups in total. The average molecular weight is 891 g/mol. The van der Waals surface area contributed by atoms with Crippen LogP contribution in [0.1, 0.15) is 14.9 Å². The largest absolute Gasteiger partial charge is 0.782 e. The highest BCUT2D eigenvalue weighted by Crippen LogP contribution is 1.95. The number of hydrogen-bond acceptors (Lipinski definition) is 23. The number of aliphatic hydroxyl groups excluding tert-OH is 3. The molecule has 0 heterocycles. The van der Waals surface area contributed by atoms with Crippen molar-refractivity contribution < 1.29 is 107 Å².